The highest BCUT2D eigenvalue weighted by Crippen LogP contribution is 2.21. The van der Waals surface area contributed by atoms with E-state index in [-0.39, 0.29) is 44.2 Å². The van der Waals surface area contributed by atoms with Gasteiger partial charge in [-0.3, -0.25) is 4.79 Å². The molecule has 0 unspecified atom stereocenters. The molecule has 0 spiro atoms. The maximum Gasteiger partial charge on any atom is 0.341 e. The van der Waals surface area contributed by atoms with E-state index >= 15 is 0 Å². The summed E-state index contributed by atoms with van der Waals surface area (Å²) in [6.07, 6.45) is 0.0602. The Labute approximate surface area is 191 Å². The van der Waals surface area contributed by atoms with Crippen LogP contribution in [0.4, 0.5) is 10.1 Å². The summed E-state index contributed by atoms with van der Waals surface area (Å²) in [6.45, 7) is 0.137. The molecule has 33 heavy (non-hydrogen) atoms. The quantitative estimate of drug-likeness (QED) is 0.536. The van der Waals surface area contributed by atoms with Crippen LogP contribution in [-0.4, -0.2) is 64.1 Å². The zero-order valence-corrected chi connectivity index (χ0v) is 18.5. The number of halogens is 1. The number of nitriles is 1. The van der Waals surface area contributed by atoms with Crippen LogP contribution < -0.4 is 4.90 Å². The molecule has 0 atom stereocenters. The molecule has 0 radical (unpaired) electrons. The van der Waals surface area contributed by atoms with Crippen molar-refractivity contribution in [2.45, 2.75) is 11.3 Å². The SMILES string of the molecule is N#CCCN(C(=O)COC(=O)c1cc(S(=O)(=O)N2CCOCC2)ccc1F)c1ccccc1. The van der Waals surface area contributed by atoms with E-state index < -0.39 is 39.9 Å². The number of hydrogen-bond acceptors (Lipinski definition) is 7. The molecular weight excluding hydrogens is 453 g/mol. The second-order valence-electron chi connectivity index (χ2n) is 7.02. The van der Waals surface area contributed by atoms with Crippen LogP contribution in [0.3, 0.4) is 0 Å². The molecule has 1 saturated heterocycles. The van der Waals surface area contributed by atoms with Crippen LogP contribution in [0.2, 0.25) is 0 Å². The van der Waals surface area contributed by atoms with Crippen molar-refractivity contribution < 1.29 is 31.9 Å². The number of anilines is 1. The average Bonchev–Trinajstić information content (AvgIpc) is 2.84. The van der Waals surface area contributed by atoms with E-state index in [9.17, 15) is 22.4 Å². The lowest BCUT2D eigenvalue weighted by molar-refractivity contribution is -0.121. The Balaban J connectivity index is 1.73. The number of morpholine rings is 1. The summed E-state index contributed by atoms with van der Waals surface area (Å²) in [5.41, 5.74) is -0.0843. The van der Waals surface area contributed by atoms with E-state index in [0.717, 1.165) is 18.2 Å². The van der Waals surface area contributed by atoms with Gasteiger partial charge in [-0.05, 0) is 30.3 Å². The van der Waals surface area contributed by atoms with E-state index in [1.807, 2.05) is 6.07 Å². The molecule has 0 aromatic heterocycles. The Morgan fingerprint density at radius 2 is 1.85 bits per heavy atom. The van der Waals surface area contributed by atoms with E-state index in [1.54, 1.807) is 30.3 Å². The first-order chi connectivity index (χ1) is 15.8. The topological polar surface area (TPSA) is 117 Å². The van der Waals surface area contributed by atoms with Gasteiger partial charge in [-0.1, -0.05) is 18.2 Å². The summed E-state index contributed by atoms with van der Waals surface area (Å²) in [5.74, 6) is -2.76. The molecule has 1 fully saturated rings. The van der Waals surface area contributed by atoms with Crippen molar-refractivity contribution in [1.82, 2.24) is 4.31 Å². The van der Waals surface area contributed by atoms with Crippen molar-refractivity contribution >= 4 is 27.6 Å². The Hall–Kier alpha value is -3.33. The molecule has 3 rings (SSSR count). The van der Waals surface area contributed by atoms with Crippen LogP contribution in [0.15, 0.2) is 53.4 Å². The van der Waals surface area contributed by atoms with Gasteiger partial charge >= 0.3 is 5.97 Å². The minimum atomic E-state index is -3.95. The van der Waals surface area contributed by atoms with E-state index in [0.29, 0.717) is 5.69 Å². The smallest absolute Gasteiger partial charge is 0.341 e. The van der Waals surface area contributed by atoms with Crippen LogP contribution in [0, 0.1) is 17.1 Å². The Morgan fingerprint density at radius 1 is 1.15 bits per heavy atom. The zero-order valence-electron chi connectivity index (χ0n) is 17.6. The van der Waals surface area contributed by atoms with Crippen LogP contribution in [0.25, 0.3) is 0 Å². The maximum absolute atomic E-state index is 14.3. The molecule has 0 N–H and O–H groups in total. The maximum atomic E-state index is 14.3. The molecule has 1 aliphatic rings. The number of carbonyl (C=O) groups excluding carboxylic acids is 2. The minimum Gasteiger partial charge on any atom is -0.452 e. The first-order valence-corrected chi connectivity index (χ1v) is 11.6. The molecular formula is C22H22FN3O6S. The highest BCUT2D eigenvalue weighted by molar-refractivity contribution is 7.89. The number of hydrogen-bond donors (Lipinski definition) is 0. The van der Waals surface area contributed by atoms with Crippen LogP contribution in [-0.2, 0) is 24.3 Å². The fraction of sp³-hybridized carbons (Fsp3) is 0.318. The normalized spacial score (nSPS) is 14.3. The monoisotopic (exact) mass is 475 g/mol. The molecule has 1 heterocycles. The third-order valence-electron chi connectivity index (χ3n) is 4.91. The van der Waals surface area contributed by atoms with Gasteiger partial charge in [0.15, 0.2) is 6.61 Å². The van der Waals surface area contributed by atoms with Crippen LogP contribution >= 0.6 is 0 Å². The molecule has 9 nitrogen and oxygen atoms in total. The van der Waals surface area contributed by atoms with Gasteiger partial charge < -0.3 is 14.4 Å². The second-order valence-corrected chi connectivity index (χ2v) is 8.96. The van der Waals surface area contributed by atoms with E-state index in [1.165, 1.54) is 9.21 Å². The lowest BCUT2D eigenvalue weighted by Crippen LogP contribution is -2.40. The van der Waals surface area contributed by atoms with Gasteiger partial charge in [-0.15, -0.1) is 0 Å². The van der Waals surface area contributed by atoms with Crippen molar-refractivity contribution in [2.75, 3.05) is 44.4 Å². The van der Waals surface area contributed by atoms with E-state index in [2.05, 4.69) is 0 Å². The fourth-order valence-corrected chi connectivity index (χ4v) is 4.64. The second kappa shape index (κ2) is 11.0. The van der Waals surface area contributed by atoms with E-state index in [4.69, 9.17) is 14.7 Å². The Kier molecular flexibility index (Phi) is 8.11. The number of benzene rings is 2. The van der Waals surface area contributed by atoms with Crippen molar-refractivity contribution in [3.63, 3.8) is 0 Å². The van der Waals surface area contributed by atoms with Gasteiger partial charge in [0, 0.05) is 25.3 Å². The standard InChI is InChI=1S/C22H22FN3O6S/c23-20-8-7-18(33(29,30)25-11-13-31-14-12-25)15-19(20)22(28)32-16-21(27)26(10-4-9-24)17-5-2-1-3-6-17/h1-3,5-8,15H,4,10-14,16H2. The molecule has 174 valence electrons. The number of para-hydroxylation sites is 1. The van der Waals surface area contributed by atoms with Crippen LogP contribution in [0.5, 0.6) is 0 Å². The number of nitrogens with zero attached hydrogens (tertiary/aromatic N) is 3. The average molecular weight is 475 g/mol. The highest BCUT2D eigenvalue weighted by Gasteiger charge is 2.28. The summed E-state index contributed by atoms with van der Waals surface area (Å²) in [4.78, 5) is 26.1. The molecule has 2 aromatic carbocycles. The number of ether oxygens (including phenoxy) is 2. The molecule has 0 saturated carbocycles. The summed E-state index contributed by atoms with van der Waals surface area (Å²) < 4.78 is 51.2. The summed E-state index contributed by atoms with van der Waals surface area (Å²) in [5, 5.41) is 8.85. The number of amides is 1. The predicted molar refractivity (Wildman–Crippen MR) is 115 cm³/mol. The van der Waals surface area contributed by atoms with Gasteiger partial charge in [-0.25, -0.2) is 17.6 Å². The lowest BCUT2D eigenvalue weighted by Gasteiger charge is -2.26. The number of rotatable bonds is 8. The van der Waals surface area contributed by atoms with Crippen molar-refractivity contribution in [1.29, 1.82) is 5.26 Å². The molecule has 0 bridgehead atoms. The zero-order chi connectivity index (χ0) is 23.8. The van der Waals surface area contributed by atoms with Gasteiger partial charge in [-0.2, -0.15) is 9.57 Å². The largest absolute Gasteiger partial charge is 0.452 e. The molecule has 2 aromatic rings. The lowest BCUT2D eigenvalue weighted by atomic mass is 10.2. The van der Waals surface area contributed by atoms with Crippen molar-refractivity contribution in [3.05, 3.63) is 59.9 Å². The number of sulfonamides is 1. The summed E-state index contributed by atoms with van der Waals surface area (Å²) in [6, 6.07) is 13.3. The molecule has 1 amide bonds. The van der Waals surface area contributed by atoms with Crippen molar-refractivity contribution in [2.24, 2.45) is 0 Å². The Morgan fingerprint density at radius 3 is 2.52 bits per heavy atom. The van der Waals surface area contributed by atoms with Gasteiger partial charge in [0.25, 0.3) is 5.91 Å². The van der Waals surface area contributed by atoms with Gasteiger partial charge in [0.05, 0.1) is 36.2 Å². The fourth-order valence-electron chi connectivity index (χ4n) is 3.21. The third kappa shape index (κ3) is 5.92. The predicted octanol–water partition coefficient (Wildman–Crippen LogP) is 1.95. The molecule has 1 aliphatic heterocycles. The van der Waals surface area contributed by atoms with Crippen molar-refractivity contribution in [3.8, 4) is 6.07 Å². The number of carbonyl (C=O) groups is 2. The Bertz CT molecular complexity index is 1140. The third-order valence-corrected chi connectivity index (χ3v) is 6.80. The number of esters is 1. The summed E-state index contributed by atoms with van der Waals surface area (Å²) >= 11 is 0. The highest BCUT2D eigenvalue weighted by atomic mass is 32.2. The first kappa shape index (κ1) is 24.3. The first-order valence-electron chi connectivity index (χ1n) is 10.1. The van der Waals surface area contributed by atoms with Gasteiger partial charge in [0.1, 0.15) is 5.82 Å². The summed E-state index contributed by atoms with van der Waals surface area (Å²) in [7, 11) is -3.95. The molecule has 11 heteroatoms. The van der Waals surface area contributed by atoms with Crippen LogP contribution in [0.1, 0.15) is 16.8 Å². The van der Waals surface area contributed by atoms with Gasteiger partial charge in [0.2, 0.25) is 10.0 Å². The minimum absolute atomic E-state index is 0.0602. The molecule has 0 aliphatic carbocycles.